The van der Waals surface area contributed by atoms with Gasteiger partial charge >= 0.3 is 6.09 Å². The van der Waals surface area contributed by atoms with Crippen LogP contribution in [0.3, 0.4) is 0 Å². The van der Waals surface area contributed by atoms with E-state index in [1.54, 1.807) is 33.5 Å². The minimum atomic E-state index is -0.734. The average Bonchev–Trinajstić information content (AvgIpc) is 4.02. The Balaban J connectivity index is 0.977. The zero-order valence-electron chi connectivity index (χ0n) is 35.9. The van der Waals surface area contributed by atoms with Crippen molar-refractivity contribution in [2.75, 3.05) is 26.7 Å². The first-order chi connectivity index (χ1) is 31.1. The molecule has 1 saturated carbocycles. The quantitative estimate of drug-likeness (QED) is 0.0855. The first-order valence-electron chi connectivity index (χ1n) is 22.0. The molecule has 7 heterocycles. The Morgan fingerprint density at radius 2 is 1.66 bits per heavy atom. The van der Waals surface area contributed by atoms with Crippen molar-refractivity contribution in [1.82, 2.24) is 44.9 Å². The number of carbonyl (C=O) groups excluding carboxylic acids is 4. The molecule has 15 nitrogen and oxygen atoms in total. The van der Waals surface area contributed by atoms with Gasteiger partial charge in [-0.1, -0.05) is 19.9 Å². The average molecular weight is 888 g/mol. The molecule has 4 N–H and O–H groups in total. The zero-order chi connectivity index (χ0) is 44.2. The second-order valence-corrected chi connectivity index (χ2v) is 18.8. The molecule has 17 heteroatoms. The predicted molar refractivity (Wildman–Crippen MR) is 238 cm³/mol. The smallest absolute Gasteiger partial charge is 0.407 e. The van der Waals surface area contributed by atoms with Crippen molar-refractivity contribution in [1.29, 1.82) is 0 Å². The van der Waals surface area contributed by atoms with Gasteiger partial charge in [0.1, 0.15) is 29.3 Å². The van der Waals surface area contributed by atoms with E-state index in [1.165, 1.54) is 30.9 Å². The highest BCUT2D eigenvalue weighted by Crippen LogP contribution is 2.49. The molecule has 4 aliphatic rings. The first-order valence-corrected chi connectivity index (χ1v) is 22.9. The fraction of sp³-hybridized carbons (Fsp3) is 0.404. The number of fused-ring (bicyclic) bond motifs is 5. The Morgan fingerprint density at radius 1 is 0.938 bits per heavy atom. The van der Waals surface area contributed by atoms with Gasteiger partial charge in [-0.25, -0.2) is 19.2 Å². The molecule has 4 unspecified atom stereocenters. The minimum Gasteiger partial charge on any atom is -0.464 e. The topological polar surface area (TPSA) is 180 Å². The molecule has 0 radical (unpaired) electrons. The number of aromatic nitrogens is 5. The number of carbonyl (C=O) groups is 4. The Morgan fingerprint density at radius 3 is 2.36 bits per heavy atom. The SMILES string of the molecule is COC(=O)NC(C(=O)N1CCCC1c1ncc(-c2ccc3c(c2)cc2n3C(c3ccc(CC4CC4)s3)Oc3cc(-c4cnc(C5CCCN5C(=O)CNC=O)[nH]4)cc(F)c3-2)[nH]1)C(C)C. The molecule has 3 fully saturated rings. The van der Waals surface area contributed by atoms with Crippen LogP contribution >= 0.6 is 11.3 Å². The van der Waals surface area contributed by atoms with E-state index in [4.69, 9.17) is 14.5 Å². The number of rotatable bonds is 13. The van der Waals surface area contributed by atoms with Gasteiger partial charge in [0, 0.05) is 34.5 Å². The number of alkyl carbamates (subject to hydrolysis) is 1. The van der Waals surface area contributed by atoms with Crippen molar-refractivity contribution in [3.8, 4) is 39.5 Å². The van der Waals surface area contributed by atoms with Crippen LogP contribution in [0.2, 0.25) is 0 Å². The first kappa shape index (κ1) is 41.5. The number of halogens is 1. The molecule has 3 aliphatic heterocycles. The van der Waals surface area contributed by atoms with Gasteiger partial charge in [-0.3, -0.25) is 19.0 Å². The number of methoxy groups -OCH3 is 1. The van der Waals surface area contributed by atoms with Crippen LogP contribution in [0, 0.1) is 17.7 Å². The Kier molecular flexibility index (Phi) is 11.0. The third-order valence-corrected chi connectivity index (χ3v) is 14.2. The number of H-pyrrole nitrogens is 2. The molecule has 6 aromatic rings. The summed E-state index contributed by atoms with van der Waals surface area (Å²) in [5.74, 6) is 1.46. The lowest BCUT2D eigenvalue weighted by Gasteiger charge is -2.30. The van der Waals surface area contributed by atoms with Gasteiger partial charge in [-0.15, -0.1) is 11.3 Å². The van der Waals surface area contributed by atoms with E-state index in [0.29, 0.717) is 59.4 Å². The van der Waals surface area contributed by atoms with Crippen LogP contribution in [0.15, 0.2) is 60.9 Å². The summed E-state index contributed by atoms with van der Waals surface area (Å²) in [5, 5.41) is 6.06. The number of thiophene rings is 1. The summed E-state index contributed by atoms with van der Waals surface area (Å²) in [5.41, 5.74) is 4.77. The summed E-state index contributed by atoms with van der Waals surface area (Å²) in [6.45, 7) is 4.81. The van der Waals surface area contributed by atoms with Crippen LogP contribution in [0.25, 0.3) is 44.7 Å². The third-order valence-electron chi connectivity index (χ3n) is 13.0. The van der Waals surface area contributed by atoms with E-state index in [0.717, 1.165) is 65.1 Å². The van der Waals surface area contributed by atoms with Crippen molar-refractivity contribution < 1.29 is 33.0 Å². The van der Waals surface area contributed by atoms with Crippen LogP contribution in [-0.4, -0.2) is 91.4 Å². The summed E-state index contributed by atoms with van der Waals surface area (Å²) in [7, 11) is 1.28. The normalized spacial score (nSPS) is 19.7. The molecule has 332 valence electrons. The summed E-state index contributed by atoms with van der Waals surface area (Å²) < 4.78 is 30.5. The second kappa shape index (κ2) is 16.9. The second-order valence-electron chi connectivity index (χ2n) is 17.6. The maximum atomic E-state index is 16.8. The van der Waals surface area contributed by atoms with Gasteiger partial charge in [0.15, 0.2) is 0 Å². The Bertz CT molecular complexity index is 2770. The van der Waals surface area contributed by atoms with Crippen molar-refractivity contribution in [2.45, 2.75) is 83.1 Å². The molecular formula is C47H50FN9O6S. The lowest BCUT2D eigenvalue weighted by Crippen LogP contribution is -2.51. The molecule has 0 bridgehead atoms. The highest BCUT2D eigenvalue weighted by molar-refractivity contribution is 7.12. The lowest BCUT2D eigenvalue weighted by molar-refractivity contribution is -0.135. The standard InChI is InChI=1S/C47H50FN9O6S/c1-25(2)42(54-47(61)62-3)45(60)56-15-5-7-36(56)44-50-21-32(52-44)27-10-12-34-29(17-27)19-37-41-31(48)18-28(33-22-51-43(53-33)35-6-4-14-55(35)40(59)23-49-24-58)20-38(41)63-46(57(34)37)39-13-11-30(64-39)16-26-8-9-26/h10-13,17-22,24-26,35-36,42,46H,4-9,14-16,23H2,1-3H3,(H,49,58)(H,50,52)(H,51,53)(H,54,61). The van der Waals surface area contributed by atoms with Crippen LogP contribution in [0.5, 0.6) is 5.75 Å². The maximum Gasteiger partial charge on any atom is 0.407 e. The predicted octanol–water partition coefficient (Wildman–Crippen LogP) is 7.63. The van der Waals surface area contributed by atoms with Crippen LogP contribution in [0.1, 0.15) is 92.1 Å². The van der Waals surface area contributed by atoms with Gasteiger partial charge in [-0.2, -0.15) is 0 Å². The number of nitrogens with one attached hydrogen (secondary N) is 4. The largest absolute Gasteiger partial charge is 0.464 e. The van der Waals surface area contributed by atoms with Crippen LogP contribution < -0.4 is 15.4 Å². The zero-order valence-corrected chi connectivity index (χ0v) is 36.7. The van der Waals surface area contributed by atoms with E-state index in [2.05, 4.69) is 48.4 Å². The molecule has 0 spiro atoms. The highest BCUT2D eigenvalue weighted by atomic mass is 32.1. The summed E-state index contributed by atoms with van der Waals surface area (Å²) in [6, 6.07) is 14.5. The molecule has 10 rings (SSSR count). The minimum absolute atomic E-state index is 0.0852. The van der Waals surface area contributed by atoms with E-state index >= 15 is 4.39 Å². The van der Waals surface area contributed by atoms with Crippen molar-refractivity contribution in [3.63, 3.8) is 0 Å². The molecule has 4 atom stereocenters. The fourth-order valence-electron chi connectivity index (χ4n) is 9.61. The number of hydrogen-bond acceptors (Lipinski definition) is 9. The molecule has 1 aliphatic carbocycles. The lowest BCUT2D eigenvalue weighted by atomic mass is 10.0. The van der Waals surface area contributed by atoms with Crippen molar-refractivity contribution in [3.05, 3.63) is 88.1 Å². The van der Waals surface area contributed by atoms with Crippen molar-refractivity contribution in [2.24, 2.45) is 11.8 Å². The van der Waals surface area contributed by atoms with Gasteiger partial charge in [-0.05, 0) is 99.2 Å². The van der Waals surface area contributed by atoms with Gasteiger partial charge in [0.2, 0.25) is 24.5 Å². The number of ether oxygens (including phenoxy) is 2. The molecule has 64 heavy (non-hydrogen) atoms. The van der Waals surface area contributed by atoms with E-state index in [1.807, 2.05) is 38.1 Å². The molecule has 4 aromatic heterocycles. The van der Waals surface area contributed by atoms with E-state index in [-0.39, 0.29) is 36.4 Å². The van der Waals surface area contributed by atoms with E-state index < -0.39 is 24.2 Å². The monoisotopic (exact) mass is 887 g/mol. The number of benzene rings is 2. The third kappa shape index (κ3) is 7.68. The highest BCUT2D eigenvalue weighted by Gasteiger charge is 2.38. The van der Waals surface area contributed by atoms with Gasteiger partial charge in [0.25, 0.3) is 0 Å². The Hall–Kier alpha value is -6.49. The summed E-state index contributed by atoms with van der Waals surface area (Å²) >= 11 is 1.73. The number of amides is 4. The molecular weight excluding hydrogens is 838 g/mol. The number of likely N-dealkylation sites (tertiary alicyclic amines) is 2. The van der Waals surface area contributed by atoms with Crippen molar-refractivity contribution >= 4 is 46.6 Å². The van der Waals surface area contributed by atoms with Crippen LogP contribution in [0.4, 0.5) is 9.18 Å². The van der Waals surface area contributed by atoms with Crippen LogP contribution in [-0.2, 0) is 25.5 Å². The fourth-order valence-corrected chi connectivity index (χ4v) is 10.8. The maximum absolute atomic E-state index is 16.8. The number of aromatic amines is 2. The van der Waals surface area contributed by atoms with Gasteiger partial charge in [0.05, 0.1) is 71.2 Å². The number of nitrogens with zero attached hydrogens (tertiary/aromatic N) is 5. The summed E-state index contributed by atoms with van der Waals surface area (Å²) in [4.78, 5) is 71.6. The molecule has 2 saturated heterocycles. The Labute approximate surface area is 372 Å². The summed E-state index contributed by atoms with van der Waals surface area (Å²) in [6.07, 6.45) is 9.36. The van der Waals surface area contributed by atoms with E-state index in [9.17, 15) is 19.2 Å². The van der Waals surface area contributed by atoms with Gasteiger partial charge < -0.3 is 39.9 Å². The molecule has 2 aromatic carbocycles. The molecule has 4 amide bonds. The number of hydrogen-bond donors (Lipinski definition) is 4. The number of imidazole rings is 2.